The van der Waals surface area contributed by atoms with E-state index in [4.69, 9.17) is 5.10 Å². The van der Waals surface area contributed by atoms with E-state index in [0.29, 0.717) is 12.2 Å². The topological polar surface area (TPSA) is 125 Å². The van der Waals surface area contributed by atoms with E-state index in [1.165, 1.54) is 11.0 Å². The van der Waals surface area contributed by atoms with Crippen LogP contribution in [0.15, 0.2) is 29.6 Å². The fourth-order valence-corrected chi connectivity index (χ4v) is 4.81. The average molecular weight is 425 g/mol. The van der Waals surface area contributed by atoms with Crippen LogP contribution in [0.4, 0.5) is 11.6 Å². The smallest absolute Gasteiger partial charge is 0.267 e. The van der Waals surface area contributed by atoms with Gasteiger partial charge in [-0.1, -0.05) is 12.8 Å². The van der Waals surface area contributed by atoms with Crippen LogP contribution in [-0.4, -0.2) is 60.1 Å². The van der Waals surface area contributed by atoms with Gasteiger partial charge in [-0.05, 0) is 38.2 Å². The molecule has 0 bridgehead atoms. The number of H-pyrrole nitrogens is 1. The third kappa shape index (κ3) is 3.99. The standard InChI is InChI=1S/C21H28N8O2/c30-16-7-2-1-6-15(16)29-18(31)9-8-17(27-29)28-10-4-3-5-14(28)11-22-20-19-21(24-12-23-19)26-13-25-20/h8-9,12-16,30H,1-7,10-11H2,(H2,22,23,24,25,26). The molecule has 31 heavy (non-hydrogen) atoms. The second-order valence-corrected chi connectivity index (χ2v) is 8.44. The van der Waals surface area contributed by atoms with E-state index in [1.54, 1.807) is 12.4 Å². The number of anilines is 2. The molecule has 5 rings (SSSR count). The number of aromatic amines is 1. The van der Waals surface area contributed by atoms with Gasteiger partial charge in [0.2, 0.25) is 0 Å². The highest BCUT2D eigenvalue weighted by Gasteiger charge is 2.29. The number of hydrogen-bond acceptors (Lipinski definition) is 8. The van der Waals surface area contributed by atoms with Crippen LogP contribution in [0.3, 0.4) is 0 Å². The molecule has 3 unspecified atom stereocenters. The third-order valence-electron chi connectivity index (χ3n) is 6.47. The Morgan fingerprint density at radius 2 is 1.97 bits per heavy atom. The van der Waals surface area contributed by atoms with Gasteiger partial charge < -0.3 is 20.3 Å². The van der Waals surface area contributed by atoms with Crippen LogP contribution in [0, 0.1) is 0 Å². The number of aliphatic hydroxyl groups excluding tert-OH is 1. The molecule has 0 amide bonds. The van der Waals surface area contributed by atoms with Crippen LogP contribution < -0.4 is 15.8 Å². The molecule has 1 saturated carbocycles. The van der Waals surface area contributed by atoms with Crippen LogP contribution in [-0.2, 0) is 0 Å². The van der Waals surface area contributed by atoms with E-state index in [-0.39, 0.29) is 17.6 Å². The first-order valence-electron chi connectivity index (χ1n) is 11.1. The number of rotatable bonds is 5. The molecule has 4 heterocycles. The normalized spacial score (nSPS) is 24.4. The molecule has 0 radical (unpaired) electrons. The van der Waals surface area contributed by atoms with Gasteiger partial charge in [-0.3, -0.25) is 4.79 Å². The van der Waals surface area contributed by atoms with E-state index in [1.807, 2.05) is 6.07 Å². The summed E-state index contributed by atoms with van der Waals surface area (Å²) in [6, 6.07) is 3.37. The van der Waals surface area contributed by atoms with Crippen molar-refractivity contribution in [3.8, 4) is 0 Å². The molecular weight excluding hydrogens is 396 g/mol. The van der Waals surface area contributed by atoms with Gasteiger partial charge >= 0.3 is 0 Å². The van der Waals surface area contributed by atoms with Crippen molar-refractivity contribution in [3.63, 3.8) is 0 Å². The molecule has 10 heteroatoms. The van der Waals surface area contributed by atoms with Crippen molar-refractivity contribution in [1.29, 1.82) is 0 Å². The predicted octanol–water partition coefficient (Wildman–Crippen LogP) is 1.86. The van der Waals surface area contributed by atoms with Crippen LogP contribution in [0.5, 0.6) is 0 Å². The van der Waals surface area contributed by atoms with Gasteiger partial charge in [-0.15, -0.1) is 0 Å². The zero-order valence-electron chi connectivity index (χ0n) is 17.4. The summed E-state index contributed by atoms with van der Waals surface area (Å²) in [5.74, 6) is 1.52. The Bertz CT molecular complexity index is 1100. The van der Waals surface area contributed by atoms with Crippen LogP contribution in [0.25, 0.3) is 11.2 Å². The number of hydrogen-bond donors (Lipinski definition) is 3. The minimum atomic E-state index is -0.511. The summed E-state index contributed by atoms with van der Waals surface area (Å²) in [5, 5.41) is 18.6. The molecule has 0 aromatic carbocycles. The van der Waals surface area contributed by atoms with Crippen LogP contribution >= 0.6 is 0 Å². The molecule has 1 aliphatic carbocycles. The quantitative estimate of drug-likeness (QED) is 0.567. The lowest BCUT2D eigenvalue weighted by molar-refractivity contribution is 0.0669. The predicted molar refractivity (Wildman–Crippen MR) is 117 cm³/mol. The molecule has 3 atom stereocenters. The minimum Gasteiger partial charge on any atom is -0.391 e. The molecule has 2 aliphatic rings. The molecule has 3 aromatic rings. The zero-order valence-corrected chi connectivity index (χ0v) is 17.4. The SMILES string of the molecule is O=c1ccc(N2CCCCC2CNc2ncnc3nc[nH]c23)nn1C1CCCCC1O. The Hall–Kier alpha value is -3.01. The summed E-state index contributed by atoms with van der Waals surface area (Å²) < 4.78 is 1.51. The number of nitrogens with one attached hydrogen (secondary N) is 2. The summed E-state index contributed by atoms with van der Waals surface area (Å²) in [5.41, 5.74) is 1.28. The van der Waals surface area contributed by atoms with Gasteiger partial charge in [-0.25, -0.2) is 19.6 Å². The minimum absolute atomic E-state index is 0.149. The van der Waals surface area contributed by atoms with Crippen molar-refractivity contribution in [2.75, 3.05) is 23.3 Å². The maximum absolute atomic E-state index is 12.5. The van der Waals surface area contributed by atoms with Gasteiger partial charge in [0.25, 0.3) is 5.56 Å². The first kappa shape index (κ1) is 19.9. The number of aliphatic hydroxyl groups is 1. The van der Waals surface area contributed by atoms with Crippen molar-refractivity contribution >= 4 is 22.8 Å². The summed E-state index contributed by atoms with van der Waals surface area (Å²) in [7, 11) is 0. The Morgan fingerprint density at radius 3 is 2.87 bits per heavy atom. The number of imidazole rings is 1. The molecule has 3 N–H and O–H groups in total. The highest BCUT2D eigenvalue weighted by atomic mass is 16.3. The summed E-state index contributed by atoms with van der Waals surface area (Å²) in [4.78, 5) is 30.6. The van der Waals surface area contributed by atoms with Gasteiger partial charge in [-0.2, -0.15) is 5.10 Å². The lowest BCUT2D eigenvalue weighted by atomic mass is 9.93. The second kappa shape index (κ2) is 8.62. The van der Waals surface area contributed by atoms with Crippen LogP contribution in [0.2, 0.25) is 0 Å². The first-order valence-corrected chi connectivity index (χ1v) is 11.1. The maximum atomic E-state index is 12.5. The number of piperidine rings is 1. The number of fused-ring (bicyclic) bond motifs is 1. The van der Waals surface area contributed by atoms with Crippen molar-refractivity contribution in [3.05, 3.63) is 35.1 Å². The molecule has 10 nitrogen and oxygen atoms in total. The summed E-state index contributed by atoms with van der Waals surface area (Å²) in [6.07, 6.45) is 9.39. The lowest BCUT2D eigenvalue weighted by Crippen LogP contribution is -2.45. The molecule has 1 aliphatic heterocycles. The fraction of sp³-hybridized carbons (Fsp3) is 0.571. The first-order chi connectivity index (χ1) is 15.2. The van der Waals surface area contributed by atoms with Gasteiger partial charge in [0.15, 0.2) is 11.5 Å². The molecule has 0 spiro atoms. The lowest BCUT2D eigenvalue weighted by Gasteiger charge is -2.37. The van der Waals surface area contributed by atoms with Crippen molar-refractivity contribution in [2.45, 2.75) is 63.1 Å². The Labute approximate surface area is 179 Å². The largest absolute Gasteiger partial charge is 0.391 e. The molecule has 1 saturated heterocycles. The van der Waals surface area contributed by atoms with Gasteiger partial charge in [0, 0.05) is 25.2 Å². The highest BCUT2D eigenvalue weighted by molar-refractivity contribution is 5.81. The van der Waals surface area contributed by atoms with E-state index in [9.17, 15) is 9.90 Å². The van der Waals surface area contributed by atoms with Gasteiger partial charge in [0.1, 0.15) is 17.7 Å². The molecule has 164 valence electrons. The van der Waals surface area contributed by atoms with E-state index in [0.717, 1.165) is 68.6 Å². The number of nitrogens with zero attached hydrogens (tertiary/aromatic N) is 6. The maximum Gasteiger partial charge on any atom is 0.267 e. The zero-order chi connectivity index (χ0) is 21.2. The molecular formula is C21H28N8O2. The van der Waals surface area contributed by atoms with Crippen molar-refractivity contribution in [2.24, 2.45) is 0 Å². The monoisotopic (exact) mass is 424 g/mol. The van der Waals surface area contributed by atoms with E-state index in [2.05, 4.69) is 30.2 Å². The Balaban J connectivity index is 1.37. The second-order valence-electron chi connectivity index (χ2n) is 8.44. The van der Waals surface area contributed by atoms with E-state index < -0.39 is 6.10 Å². The average Bonchev–Trinajstić information content (AvgIpc) is 3.28. The summed E-state index contributed by atoms with van der Waals surface area (Å²) >= 11 is 0. The van der Waals surface area contributed by atoms with Crippen molar-refractivity contribution in [1.82, 2.24) is 29.7 Å². The molecule has 2 fully saturated rings. The van der Waals surface area contributed by atoms with Gasteiger partial charge in [0.05, 0.1) is 18.5 Å². The molecule has 3 aromatic heterocycles. The third-order valence-corrected chi connectivity index (χ3v) is 6.47. The van der Waals surface area contributed by atoms with E-state index >= 15 is 0 Å². The fourth-order valence-electron chi connectivity index (χ4n) is 4.81. The Morgan fingerprint density at radius 1 is 1.10 bits per heavy atom. The summed E-state index contributed by atoms with van der Waals surface area (Å²) in [6.45, 7) is 1.58. The van der Waals surface area contributed by atoms with Crippen molar-refractivity contribution < 1.29 is 5.11 Å². The number of aromatic nitrogens is 6. The van der Waals surface area contributed by atoms with Crippen LogP contribution in [0.1, 0.15) is 51.0 Å². The highest BCUT2D eigenvalue weighted by Crippen LogP contribution is 2.28. The Kier molecular flexibility index (Phi) is 5.54.